The number of carbonyl (C=O) groups is 10. The highest BCUT2D eigenvalue weighted by atomic mass is 79.9. The van der Waals surface area contributed by atoms with Crippen LogP contribution in [0.5, 0.6) is 5.75 Å². The van der Waals surface area contributed by atoms with Gasteiger partial charge in [0.1, 0.15) is 58.6 Å². The molecule has 15 rings (SSSR count). The van der Waals surface area contributed by atoms with E-state index in [1.807, 2.05) is 74.5 Å². The van der Waals surface area contributed by atoms with Gasteiger partial charge in [0.15, 0.2) is 11.6 Å². The van der Waals surface area contributed by atoms with Crippen molar-refractivity contribution < 1.29 is 87.0 Å². The fourth-order valence-electron chi connectivity index (χ4n) is 12.3. The molecule has 0 aliphatic rings. The number of thiophene rings is 5. The molecule has 10 aromatic carbocycles. The topological polar surface area (TPSA) is 341 Å². The number of benzene rings is 10. The molecule has 34 heteroatoms. The number of anilines is 5. The predicted molar refractivity (Wildman–Crippen MR) is 527 cm³/mol. The van der Waals surface area contributed by atoms with Gasteiger partial charge in [0.25, 0.3) is 29.5 Å². The van der Waals surface area contributed by atoms with Crippen LogP contribution in [0.15, 0.2) is 265 Å². The summed E-state index contributed by atoms with van der Waals surface area (Å²) in [6, 6.07) is 62.2. The van der Waals surface area contributed by atoms with Gasteiger partial charge in [-0.3, -0.25) is 24.0 Å². The van der Waals surface area contributed by atoms with Gasteiger partial charge < -0.3 is 56.9 Å². The number of ether oxygens (including phenoxy) is 1. The molecule has 0 bridgehead atoms. The monoisotopic (exact) mass is 2100 g/mol. The maximum absolute atomic E-state index is 13.8. The molecule has 5 amide bonds. The molecule has 5 aromatic heterocycles. The van der Waals surface area contributed by atoms with Crippen molar-refractivity contribution >= 4 is 224 Å². The second-order valence-electron chi connectivity index (χ2n) is 27.7. The lowest BCUT2D eigenvalue weighted by molar-refractivity contribution is 0.0688. The average molecular weight is 2100 g/mol. The minimum absolute atomic E-state index is 0.00255. The van der Waals surface area contributed by atoms with Gasteiger partial charge in [0.2, 0.25) is 0 Å². The summed E-state index contributed by atoms with van der Waals surface area (Å²) in [4.78, 5) is 121. The molecular formula is C97H67Br3Cl3F2N5O16S5. The van der Waals surface area contributed by atoms with E-state index in [-0.39, 0.29) is 76.5 Å². The number of hydrogen-bond acceptors (Lipinski definition) is 16. The third-order valence-electron chi connectivity index (χ3n) is 19.1. The van der Waals surface area contributed by atoms with Crippen molar-refractivity contribution in [3.05, 3.63) is 369 Å². The summed E-state index contributed by atoms with van der Waals surface area (Å²) in [5.74, 6) is -6.60. The molecule has 662 valence electrons. The molecule has 21 nitrogen and oxygen atoms in total. The maximum atomic E-state index is 13.8. The lowest BCUT2D eigenvalue weighted by Crippen LogP contribution is -2.14. The molecule has 0 fully saturated rings. The Balaban J connectivity index is 0.000000158. The Labute approximate surface area is 807 Å². The normalized spacial score (nSPS) is 10.5. The summed E-state index contributed by atoms with van der Waals surface area (Å²) >= 11 is 33.8. The predicted octanol–water partition coefficient (Wildman–Crippen LogP) is 27.5. The van der Waals surface area contributed by atoms with Crippen LogP contribution in [0.1, 0.15) is 133 Å². The quantitative estimate of drug-likeness (QED) is 0.0282. The van der Waals surface area contributed by atoms with E-state index in [0.29, 0.717) is 86.8 Å². The molecule has 5 heterocycles. The lowest BCUT2D eigenvalue weighted by atomic mass is 10.0. The van der Waals surface area contributed by atoms with Crippen molar-refractivity contribution in [1.29, 1.82) is 0 Å². The number of carboxylic acids is 5. The van der Waals surface area contributed by atoms with Gasteiger partial charge in [-0.05, 0) is 187 Å². The van der Waals surface area contributed by atoms with Gasteiger partial charge in [-0.1, -0.05) is 192 Å². The Kier molecular flexibility index (Phi) is 34.2. The minimum Gasteiger partial charge on any atom is -0.494 e. The number of carbonyl (C=O) groups excluding carboxylic acids is 5. The third kappa shape index (κ3) is 25.3. The second-order valence-corrected chi connectivity index (χ2v) is 36.1. The summed E-state index contributed by atoms with van der Waals surface area (Å²) in [7, 11) is 1.33. The molecule has 0 radical (unpaired) electrons. The lowest BCUT2D eigenvalue weighted by Gasteiger charge is -2.08. The largest absolute Gasteiger partial charge is 0.494 e. The summed E-state index contributed by atoms with van der Waals surface area (Å²) in [6.07, 6.45) is 6.23. The zero-order valence-corrected chi connectivity index (χ0v) is 79.4. The zero-order chi connectivity index (χ0) is 94.6. The summed E-state index contributed by atoms with van der Waals surface area (Å²) in [5.41, 5.74) is 10.8. The number of methoxy groups -OCH3 is 1. The van der Waals surface area contributed by atoms with Gasteiger partial charge in [-0.15, -0.1) is 63.1 Å². The molecule has 0 atom stereocenters. The van der Waals surface area contributed by atoms with E-state index in [0.717, 1.165) is 93.8 Å². The molecule has 0 saturated carbocycles. The van der Waals surface area contributed by atoms with Crippen molar-refractivity contribution in [2.45, 2.75) is 27.2 Å². The number of aromatic carboxylic acids is 5. The van der Waals surface area contributed by atoms with E-state index in [1.54, 1.807) is 161 Å². The SMILES string of the molecule is C#Cc1cccc(C(=O)Nc2scc(-c3ccc(Br)cc3)c2C(=O)O)c1.CCc1ccc(C(=O)Nc2scc(-c3ccc(Cl)cc3Cl)c2C(=O)O)cc1.COc1ccc(C(=O)Nc2scc(-c3ccc(Br)cc3)c2C(=O)O)cc1F.Cc1ccc(C(=O)Nc2scc(-c3ccc(Br)cc3)c2C(=O)O)cc1F.Cc1ccc(C(=O)Nc2scc(-c3ccc(Cl)cc3)c2C(=O)O)cc1. The van der Waals surface area contributed by atoms with E-state index in [9.17, 15) is 82.3 Å². The number of amides is 5. The molecule has 131 heavy (non-hydrogen) atoms. The third-order valence-corrected chi connectivity index (χ3v) is 25.9. The number of rotatable bonds is 22. The van der Waals surface area contributed by atoms with Gasteiger partial charge >= 0.3 is 29.8 Å². The van der Waals surface area contributed by atoms with Gasteiger partial charge in [-0.25, -0.2) is 32.8 Å². The Hall–Kier alpha value is -13.1. The molecule has 15 aromatic rings. The number of hydrogen-bond donors (Lipinski definition) is 10. The standard InChI is InChI=1S/C20H12BrNO3S.C20H15Cl2NO3S.C19H13BrFNO4S.C19H13BrFNO3S.C19H14ClNO3S/c1-2-12-4-3-5-14(10-12)18(23)22-19-17(20(24)25)16(11-26-19)13-6-8-15(21)9-7-13;1-2-11-3-5-12(6-4-11)18(24)23-19-17(20(25)26)15(10-27-19)14-8-7-13(21)9-16(14)22;1-26-15-7-4-11(8-14(15)21)17(23)22-18-16(19(24)25)13(9-27-18)10-2-5-12(20)6-3-10;1-10-2-3-12(8-15(10)21)17(23)22-18-16(19(24)25)14(9-26-18)11-4-6-13(20)7-5-11;1-11-2-4-13(5-3-11)17(22)21-18-16(19(23)24)15(10-25-18)12-6-8-14(20)9-7-12/h1,3-11H,(H,22,23)(H,24,25);3-10H,2H2,1H3,(H,23,24)(H,25,26);2-9H,1H3,(H,22,23)(H,24,25);2-9H,1H3,(H,22,23)(H,24,25);2-10H,1H3,(H,21,22)(H,23,24). The second kappa shape index (κ2) is 45.5. The Bertz CT molecular complexity index is 6900. The zero-order valence-electron chi connectivity index (χ0n) is 68.3. The molecule has 0 unspecified atom stereocenters. The van der Waals surface area contributed by atoms with E-state index >= 15 is 0 Å². The average Bonchev–Trinajstić information content (AvgIpc) is 1.67. The first-order valence-electron chi connectivity index (χ1n) is 38.2. The van der Waals surface area contributed by atoms with Crippen molar-refractivity contribution in [2.75, 3.05) is 33.7 Å². The van der Waals surface area contributed by atoms with Gasteiger partial charge in [0.05, 0.1) is 7.11 Å². The van der Waals surface area contributed by atoms with E-state index in [1.165, 1.54) is 54.0 Å². The number of nitrogens with one attached hydrogen (secondary N) is 5. The molecule has 0 spiro atoms. The summed E-state index contributed by atoms with van der Waals surface area (Å²) in [6.45, 7) is 5.56. The Morgan fingerprint density at radius 1 is 0.374 bits per heavy atom. The Morgan fingerprint density at radius 2 is 0.695 bits per heavy atom. The van der Waals surface area contributed by atoms with Crippen LogP contribution >= 0.6 is 139 Å². The van der Waals surface area contributed by atoms with Crippen LogP contribution in [0.3, 0.4) is 0 Å². The van der Waals surface area contributed by atoms with Gasteiger partial charge in [-0.2, -0.15) is 0 Å². The molecule has 0 saturated heterocycles. The highest BCUT2D eigenvalue weighted by Crippen LogP contribution is 2.44. The van der Waals surface area contributed by atoms with E-state index in [4.69, 9.17) is 46.0 Å². The summed E-state index contributed by atoms with van der Waals surface area (Å²) < 4.78 is 35.0. The highest BCUT2D eigenvalue weighted by Gasteiger charge is 2.29. The van der Waals surface area contributed by atoms with Crippen LogP contribution in [0.25, 0.3) is 55.6 Å². The minimum atomic E-state index is -1.16. The van der Waals surface area contributed by atoms with Crippen LogP contribution in [0.4, 0.5) is 33.8 Å². The first kappa shape index (κ1) is 98.5. The summed E-state index contributed by atoms with van der Waals surface area (Å²) in [5, 5.41) is 72.4. The van der Waals surface area contributed by atoms with E-state index in [2.05, 4.69) is 80.3 Å². The first-order chi connectivity index (χ1) is 62.6. The van der Waals surface area contributed by atoms with Crippen LogP contribution in [0, 0.1) is 37.8 Å². The molecule has 0 aliphatic heterocycles. The van der Waals surface area contributed by atoms with E-state index < -0.39 is 59.2 Å². The van der Waals surface area contributed by atoms with Crippen molar-refractivity contribution in [2.24, 2.45) is 0 Å². The molecule has 10 N–H and O–H groups in total. The van der Waals surface area contributed by atoms with Gasteiger partial charge in [0, 0.05) is 122 Å². The van der Waals surface area contributed by atoms with Crippen LogP contribution in [0.2, 0.25) is 15.1 Å². The smallest absolute Gasteiger partial charge is 0.339 e. The number of halogens is 8. The molecular weight excluding hydrogens is 2040 g/mol. The van der Waals surface area contributed by atoms with Crippen molar-refractivity contribution in [1.82, 2.24) is 0 Å². The van der Waals surface area contributed by atoms with Crippen LogP contribution < -0.4 is 31.3 Å². The number of terminal acetylenes is 1. The Morgan fingerprint density at radius 3 is 1.04 bits per heavy atom. The van der Waals surface area contributed by atoms with Crippen LogP contribution in [-0.4, -0.2) is 92.0 Å². The highest BCUT2D eigenvalue weighted by molar-refractivity contribution is 9.11. The van der Waals surface area contributed by atoms with Crippen LogP contribution in [-0.2, 0) is 6.42 Å². The fraction of sp³-hybridized carbons (Fsp3) is 0.0515. The maximum Gasteiger partial charge on any atom is 0.339 e. The molecule has 0 aliphatic carbocycles. The van der Waals surface area contributed by atoms with Crippen molar-refractivity contribution in [3.63, 3.8) is 0 Å². The number of aryl methyl sites for hydroxylation is 3. The first-order valence-corrected chi connectivity index (χ1v) is 46.2. The van der Waals surface area contributed by atoms with Crippen molar-refractivity contribution in [3.8, 4) is 73.7 Å². The fourth-order valence-corrected chi connectivity index (χ4v) is 18.6. The number of carboxylic acid groups (broad SMARTS) is 5.